The molecular weight excluding hydrogens is 389 g/mol. The molecule has 3 nitrogen and oxygen atoms in total. The van der Waals surface area contributed by atoms with Crippen molar-refractivity contribution in [3.8, 4) is 11.4 Å². The van der Waals surface area contributed by atoms with Gasteiger partial charge in [0.1, 0.15) is 5.82 Å². The van der Waals surface area contributed by atoms with Gasteiger partial charge >= 0.3 is 0 Å². The van der Waals surface area contributed by atoms with Crippen molar-refractivity contribution in [3.05, 3.63) is 64.2 Å². The van der Waals surface area contributed by atoms with E-state index in [1.807, 2.05) is 12.1 Å². The van der Waals surface area contributed by atoms with Gasteiger partial charge in [-0.1, -0.05) is 47.6 Å². The van der Waals surface area contributed by atoms with Crippen LogP contribution in [0.5, 0.6) is 0 Å². The van der Waals surface area contributed by atoms with Gasteiger partial charge in [-0.05, 0) is 30.7 Å². The van der Waals surface area contributed by atoms with Crippen LogP contribution in [0.3, 0.4) is 0 Å². The Morgan fingerprint density at radius 3 is 2.85 bits per heavy atom. The fraction of sp³-hybridized carbons (Fsp3) is 0.158. The third-order valence-corrected chi connectivity index (χ3v) is 6.46. The number of benzene rings is 2. The maximum atomic E-state index is 13.2. The molecule has 2 aromatic heterocycles. The zero-order chi connectivity index (χ0) is 18.1. The second kappa shape index (κ2) is 7.39. The first-order valence-electron chi connectivity index (χ1n) is 8.14. The number of aromatic nitrogens is 3. The van der Waals surface area contributed by atoms with Crippen molar-refractivity contribution < 1.29 is 4.39 Å². The quantitative estimate of drug-likeness (QED) is 0.368. The van der Waals surface area contributed by atoms with Crippen LogP contribution in [-0.2, 0) is 12.3 Å². The summed E-state index contributed by atoms with van der Waals surface area (Å²) in [6.45, 7) is 2.85. The maximum Gasteiger partial charge on any atom is 0.191 e. The highest BCUT2D eigenvalue weighted by Crippen LogP contribution is 2.35. The second-order valence-electron chi connectivity index (χ2n) is 5.72. The van der Waals surface area contributed by atoms with Crippen molar-refractivity contribution in [2.75, 3.05) is 0 Å². The minimum Gasteiger partial charge on any atom is -0.302 e. The van der Waals surface area contributed by atoms with Gasteiger partial charge in [-0.3, -0.25) is 0 Å². The van der Waals surface area contributed by atoms with Gasteiger partial charge in [-0.15, -0.1) is 21.5 Å². The molecule has 0 saturated carbocycles. The summed E-state index contributed by atoms with van der Waals surface area (Å²) in [7, 11) is 0. The Hall–Kier alpha value is -1.89. The lowest BCUT2D eigenvalue weighted by Crippen LogP contribution is -1.99. The largest absolute Gasteiger partial charge is 0.302 e. The number of fused-ring (bicyclic) bond motifs is 1. The Morgan fingerprint density at radius 2 is 2.04 bits per heavy atom. The molecule has 0 bridgehead atoms. The van der Waals surface area contributed by atoms with Gasteiger partial charge in [0.15, 0.2) is 11.0 Å². The molecule has 0 atom stereocenters. The van der Waals surface area contributed by atoms with Gasteiger partial charge in [-0.2, -0.15) is 0 Å². The molecular formula is C19H15ClFN3S2. The van der Waals surface area contributed by atoms with E-state index in [-0.39, 0.29) is 5.82 Å². The number of halogens is 2. The van der Waals surface area contributed by atoms with E-state index in [2.05, 4.69) is 39.2 Å². The van der Waals surface area contributed by atoms with Crippen LogP contribution in [0.1, 0.15) is 12.5 Å². The molecule has 0 spiro atoms. The van der Waals surface area contributed by atoms with E-state index in [0.29, 0.717) is 10.8 Å². The lowest BCUT2D eigenvalue weighted by atomic mass is 10.1. The van der Waals surface area contributed by atoms with Crippen molar-refractivity contribution in [2.45, 2.75) is 24.4 Å². The predicted molar refractivity (Wildman–Crippen MR) is 107 cm³/mol. The highest BCUT2D eigenvalue weighted by Gasteiger charge is 2.17. The number of thiophene rings is 1. The maximum absolute atomic E-state index is 13.2. The van der Waals surface area contributed by atoms with Crippen LogP contribution < -0.4 is 0 Å². The lowest BCUT2D eigenvalue weighted by molar-refractivity contribution is 0.627. The van der Waals surface area contributed by atoms with Gasteiger partial charge in [0.2, 0.25) is 0 Å². The van der Waals surface area contributed by atoms with Gasteiger partial charge in [0.25, 0.3) is 0 Å². The molecule has 0 fully saturated rings. The molecule has 4 rings (SSSR count). The standard InChI is InChI=1S/C19H15ClFN3S2/c1-2-24-18(15-11-25-17-6-4-3-5-14(15)17)22-23-19(24)26-10-12-7-8-13(21)9-16(12)20/h3-9,11H,2,10H2,1H3. The third-order valence-electron chi connectivity index (χ3n) is 4.13. The van der Waals surface area contributed by atoms with Crippen LogP contribution in [0.4, 0.5) is 4.39 Å². The molecule has 0 aliphatic heterocycles. The molecule has 0 aliphatic rings. The van der Waals surface area contributed by atoms with E-state index in [1.54, 1.807) is 29.2 Å². The molecule has 0 N–H and O–H groups in total. The molecule has 0 saturated heterocycles. The van der Waals surface area contributed by atoms with Crippen LogP contribution in [0, 0.1) is 5.82 Å². The summed E-state index contributed by atoms with van der Waals surface area (Å²) in [5.41, 5.74) is 1.98. The highest BCUT2D eigenvalue weighted by atomic mass is 35.5. The van der Waals surface area contributed by atoms with E-state index in [0.717, 1.165) is 28.7 Å². The minimum atomic E-state index is -0.327. The Kier molecular flexibility index (Phi) is 4.98. The molecule has 7 heteroatoms. The SMILES string of the molecule is CCn1c(SCc2ccc(F)cc2Cl)nnc1-c1csc2ccccc12. The average Bonchev–Trinajstić information content (AvgIpc) is 3.24. The van der Waals surface area contributed by atoms with Gasteiger partial charge in [0, 0.05) is 38.3 Å². The van der Waals surface area contributed by atoms with E-state index in [1.165, 1.54) is 22.2 Å². The molecule has 132 valence electrons. The van der Waals surface area contributed by atoms with Crippen LogP contribution in [0.2, 0.25) is 5.02 Å². The monoisotopic (exact) mass is 403 g/mol. The zero-order valence-corrected chi connectivity index (χ0v) is 16.3. The second-order valence-corrected chi connectivity index (χ2v) is 7.98. The molecule has 0 amide bonds. The Bertz CT molecular complexity index is 1070. The minimum absolute atomic E-state index is 0.327. The molecule has 2 aromatic carbocycles. The number of rotatable bonds is 5. The van der Waals surface area contributed by atoms with E-state index >= 15 is 0 Å². The van der Waals surface area contributed by atoms with Crippen LogP contribution in [-0.4, -0.2) is 14.8 Å². The van der Waals surface area contributed by atoms with Crippen LogP contribution in [0.15, 0.2) is 53.0 Å². The lowest BCUT2D eigenvalue weighted by Gasteiger charge is -2.08. The summed E-state index contributed by atoms with van der Waals surface area (Å²) in [4.78, 5) is 0. The van der Waals surface area contributed by atoms with Gasteiger partial charge < -0.3 is 4.57 Å². The average molecular weight is 404 g/mol. The molecule has 0 radical (unpaired) electrons. The fourth-order valence-corrected chi connectivity index (χ4v) is 5.07. The number of thioether (sulfide) groups is 1. The number of hydrogen-bond donors (Lipinski definition) is 0. The van der Waals surface area contributed by atoms with Crippen molar-refractivity contribution >= 4 is 44.8 Å². The summed E-state index contributed by atoms with van der Waals surface area (Å²) in [5.74, 6) is 1.16. The summed E-state index contributed by atoms with van der Waals surface area (Å²) >= 11 is 9.39. The van der Waals surface area contributed by atoms with Gasteiger partial charge in [0.05, 0.1) is 0 Å². The molecule has 0 unspecified atom stereocenters. The number of nitrogens with zero attached hydrogens (tertiary/aromatic N) is 3. The topological polar surface area (TPSA) is 30.7 Å². The van der Waals surface area contributed by atoms with E-state index in [4.69, 9.17) is 11.6 Å². The highest BCUT2D eigenvalue weighted by molar-refractivity contribution is 7.98. The summed E-state index contributed by atoms with van der Waals surface area (Å²) in [6.07, 6.45) is 0. The van der Waals surface area contributed by atoms with Gasteiger partial charge in [-0.25, -0.2) is 4.39 Å². The smallest absolute Gasteiger partial charge is 0.191 e. The first-order chi connectivity index (χ1) is 12.7. The Morgan fingerprint density at radius 1 is 1.19 bits per heavy atom. The fourth-order valence-electron chi connectivity index (χ4n) is 2.81. The van der Waals surface area contributed by atoms with E-state index < -0.39 is 0 Å². The Balaban J connectivity index is 1.65. The van der Waals surface area contributed by atoms with Crippen molar-refractivity contribution in [1.29, 1.82) is 0 Å². The summed E-state index contributed by atoms with van der Waals surface area (Å²) < 4.78 is 16.5. The normalized spacial score (nSPS) is 11.3. The molecule has 2 heterocycles. The van der Waals surface area contributed by atoms with Crippen LogP contribution in [0.25, 0.3) is 21.5 Å². The predicted octanol–water partition coefficient (Wildman–Crippen LogP) is 6.26. The summed E-state index contributed by atoms with van der Waals surface area (Å²) in [6, 6.07) is 12.8. The van der Waals surface area contributed by atoms with Crippen molar-refractivity contribution in [3.63, 3.8) is 0 Å². The van der Waals surface area contributed by atoms with E-state index in [9.17, 15) is 4.39 Å². The molecule has 0 aliphatic carbocycles. The van der Waals surface area contributed by atoms with Crippen molar-refractivity contribution in [1.82, 2.24) is 14.8 Å². The first-order valence-corrected chi connectivity index (χ1v) is 10.4. The molecule has 4 aromatic rings. The number of hydrogen-bond acceptors (Lipinski definition) is 4. The Labute approximate surface area is 163 Å². The first kappa shape index (κ1) is 17.5. The summed E-state index contributed by atoms with van der Waals surface area (Å²) in [5, 5.41) is 13.4. The van der Waals surface area contributed by atoms with Crippen LogP contribution >= 0.6 is 34.7 Å². The third kappa shape index (κ3) is 3.24. The molecule has 26 heavy (non-hydrogen) atoms. The van der Waals surface area contributed by atoms with Crippen molar-refractivity contribution in [2.24, 2.45) is 0 Å². The zero-order valence-electron chi connectivity index (χ0n) is 13.9.